The number of hydrogen-bond donors (Lipinski definition) is 1. The van der Waals surface area contributed by atoms with Gasteiger partial charge in [0, 0.05) is 34.1 Å². The molecule has 0 bridgehead atoms. The van der Waals surface area contributed by atoms with E-state index >= 15 is 0 Å². The van der Waals surface area contributed by atoms with Gasteiger partial charge in [-0.25, -0.2) is 4.98 Å². The van der Waals surface area contributed by atoms with Crippen molar-refractivity contribution in [3.05, 3.63) is 168 Å². The Kier molecular flexibility index (Phi) is 9.67. The molecule has 0 saturated carbocycles. The number of fused-ring (bicyclic) bond motifs is 8. The Balaban J connectivity index is 1.19. The van der Waals surface area contributed by atoms with E-state index in [-0.39, 0.29) is 0 Å². The number of allylic oxidation sites excluding steroid dienone is 6. The highest BCUT2D eigenvalue weighted by Crippen LogP contribution is 2.41. The lowest BCUT2D eigenvalue weighted by Gasteiger charge is -2.15. The molecule has 0 radical (unpaired) electrons. The van der Waals surface area contributed by atoms with Crippen molar-refractivity contribution < 1.29 is 0 Å². The number of aryl methyl sites for hydroxylation is 1. The highest BCUT2D eigenvalue weighted by Gasteiger charge is 2.16. The lowest BCUT2D eigenvalue weighted by atomic mass is 9.92. The summed E-state index contributed by atoms with van der Waals surface area (Å²) in [6, 6.07) is 36.7. The van der Waals surface area contributed by atoms with Crippen LogP contribution in [0.2, 0.25) is 0 Å². The second kappa shape index (κ2) is 14.8. The third-order valence-corrected chi connectivity index (χ3v) is 9.85. The fraction of sp³-hybridized carbons (Fsp3) is 0.128. The normalized spacial score (nSPS) is 12.9. The fourth-order valence-electron chi connectivity index (χ4n) is 7.26. The van der Waals surface area contributed by atoms with E-state index in [1.54, 1.807) is 0 Å². The predicted molar refractivity (Wildman–Crippen MR) is 220 cm³/mol. The molecule has 4 nitrogen and oxygen atoms in total. The molecule has 2 aromatic heterocycles. The first-order chi connectivity index (χ1) is 25.0. The Bertz CT molecular complexity index is 2550. The Morgan fingerprint density at radius 2 is 1.41 bits per heavy atom. The quantitative estimate of drug-likeness (QED) is 0.0900. The predicted octanol–water partition coefficient (Wildman–Crippen LogP) is 12.0. The number of aromatic nitrogens is 2. The molecule has 250 valence electrons. The smallest absolute Gasteiger partial charge is 0.0893 e. The average Bonchev–Trinajstić information content (AvgIpc) is 3.18. The minimum atomic E-state index is 0.755. The zero-order chi connectivity index (χ0) is 35.3. The summed E-state index contributed by atoms with van der Waals surface area (Å²) in [6.45, 7) is 10.00. The number of pyridine rings is 2. The van der Waals surface area contributed by atoms with Crippen LogP contribution in [0.1, 0.15) is 49.1 Å². The molecule has 0 aliphatic heterocycles. The number of hydrogen-bond acceptors (Lipinski definition) is 4. The van der Waals surface area contributed by atoms with Crippen molar-refractivity contribution in [2.75, 3.05) is 0 Å². The average molecular weight is 663 g/mol. The second-order valence-electron chi connectivity index (χ2n) is 12.8. The molecule has 0 aliphatic rings. The molecule has 0 spiro atoms. The van der Waals surface area contributed by atoms with E-state index in [0.717, 1.165) is 75.1 Å². The monoisotopic (exact) mass is 662 g/mol. The van der Waals surface area contributed by atoms with Gasteiger partial charge >= 0.3 is 0 Å². The number of nitrogens with zero attached hydrogens (tertiary/aromatic N) is 3. The van der Waals surface area contributed by atoms with Gasteiger partial charge in [-0.3, -0.25) is 9.98 Å². The molecule has 0 fully saturated rings. The molecule has 5 aromatic carbocycles. The molecule has 0 atom stereocenters. The zero-order valence-corrected chi connectivity index (χ0v) is 29.5. The van der Waals surface area contributed by atoms with Crippen molar-refractivity contribution in [2.24, 2.45) is 10.7 Å². The van der Waals surface area contributed by atoms with Gasteiger partial charge in [-0.2, -0.15) is 0 Å². The molecular formula is C47H42N4. The van der Waals surface area contributed by atoms with E-state index in [1.165, 1.54) is 37.9 Å². The van der Waals surface area contributed by atoms with Crippen LogP contribution in [0.5, 0.6) is 0 Å². The first kappa shape index (κ1) is 33.4. The van der Waals surface area contributed by atoms with Crippen LogP contribution >= 0.6 is 0 Å². The number of benzene rings is 5. The van der Waals surface area contributed by atoms with Gasteiger partial charge in [-0.05, 0) is 95.3 Å². The molecule has 2 N–H and O–H groups in total. The van der Waals surface area contributed by atoms with Crippen molar-refractivity contribution in [3.63, 3.8) is 0 Å². The fourth-order valence-corrected chi connectivity index (χ4v) is 7.26. The lowest BCUT2D eigenvalue weighted by molar-refractivity contribution is 0.970. The SMILES string of the molecule is C=N/C=C(\C=C/CCc1ccnc(/C(N)=C(/C=C\C)CC)c1C)c1ccc(-c2nc3c4ccccc4c4ccccc4c3c3ccccc23)cc1. The maximum Gasteiger partial charge on any atom is 0.0893 e. The summed E-state index contributed by atoms with van der Waals surface area (Å²) in [5.74, 6) is 0. The van der Waals surface area contributed by atoms with E-state index in [4.69, 9.17) is 10.7 Å². The van der Waals surface area contributed by atoms with Gasteiger partial charge in [0.2, 0.25) is 0 Å². The molecule has 4 heteroatoms. The minimum absolute atomic E-state index is 0.755. The topological polar surface area (TPSA) is 64.2 Å². The molecule has 0 saturated heterocycles. The van der Waals surface area contributed by atoms with Crippen molar-refractivity contribution in [3.8, 4) is 11.3 Å². The Morgan fingerprint density at radius 1 is 0.784 bits per heavy atom. The maximum atomic E-state index is 6.56. The Labute approximate surface area is 300 Å². The van der Waals surface area contributed by atoms with Crippen LogP contribution in [0.3, 0.4) is 0 Å². The van der Waals surface area contributed by atoms with Crippen LogP contribution in [0.25, 0.3) is 65.7 Å². The van der Waals surface area contributed by atoms with Crippen LogP contribution in [-0.2, 0) is 6.42 Å². The largest absolute Gasteiger partial charge is 0.397 e. The van der Waals surface area contributed by atoms with Gasteiger partial charge < -0.3 is 5.73 Å². The zero-order valence-electron chi connectivity index (χ0n) is 29.5. The summed E-state index contributed by atoms with van der Waals surface area (Å²) in [7, 11) is 0. The molecule has 2 heterocycles. The number of aliphatic imine (C=N–C) groups is 1. The van der Waals surface area contributed by atoms with Crippen LogP contribution in [0, 0.1) is 6.92 Å². The summed E-state index contributed by atoms with van der Waals surface area (Å²) in [5.41, 5.74) is 16.8. The van der Waals surface area contributed by atoms with Gasteiger partial charge in [0.15, 0.2) is 0 Å². The third-order valence-electron chi connectivity index (χ3n) is 9.85. The summed E-state index contributed by atoms with van der Waals surface area (Å²) >= 11 is 0. The minimum Gasteiger partial charge on any atom is -0.397 e. The number of nitrogens with two attached hydrogens (primary N) is 1. The molecule has 7 rings (SSSR count). The van der Waals surface area contributed by atoms with Crippen molar-refractivity contribution >= 4 is 61.2 Å². The van der Waals surface area contributed by atoms with E-state index in [9.17, 15) is 0 Å². The van der Waals surface area contributed by atoms with E-state index in [0.29, 0.717) is 0 Å². The van der Waals surface area contributed by atoms with Crippen LogP contribution in [0.15, 0.2) is 150 Å². The van der Waals surface area contributed by atoms with Crippen LogP contribution in [0.4, 0.5) is 0 Å². The first-order valence-electron chi connectivity index (χ1n) is 17.7. The van der Waals surface area contributed by atoms with E-state index in [2.05, 4.69) is 152 Å². The van der Waals surface area contributed by atoms with Crippen molar-refractivity contribution in [1.82, 2.24) is 9.97 Å². The Hall–Kier alpha value is -6.13. The summed E-state index contributed by atoms with van der Waals surface area (Å²) in [5, 5.41) is 8.42. The van der Waals surface area contributed by atoms with Gasteiger partial charge in [0.05, 0.1) is 22.6 Å². The highest BCUT2D eigenvalue weighted by molar-refractivity contribution is 6.31. The molecular weight excluding hydrogens is 621 g/mol. The molecule has 51 heavy (non-hydrogen) atoms. The maximum absolute atomic E-state index is 6.56. The molecule has 0 amide bonds. The van der Waals surface area contributed by atoms with Crippen LogP contribution in [-0.4, -0.2) is 16.7 Å². The van der Waals surface area contributed by atoms with Crippen LogP contribution < -0.4 is 5.73 Å². The third kappa shape index (κ3) is 6.37. The Morgan fingerprint density at radius 3 is 2.08 bits per heavy atom. The van der Waals surface area contributed by atoms with Gasteiger partial charge in [0.25, 0.3) is 0 Å². The van der Waals surface area contributed by atoms with E-state index < -0.39 is 0 Å². The first-order valence-corrected chi connectivity index (χ1v) is 17.7. The second-order valence-corrected chi connectivity index (χ2v) is 12.8. The van der Waals surface area contributed by atoms with Gasteiger partial charge in [-0.1, -0.05) is 128 Å². The van der Waals surface area contributed by atoms with Gasteiger partial charge in [0.1, 0.15) is 0 Å². The summed E-state index contributed by atoms with van der Waals surface area (Å²) in [6.07, 6.45) is 14.7. The van der Waals surface area contributed by atoms with E-state index in [1.807, 2.05) is 25.4 Å². The molecule has 7 aromatic rings. The molecule has 0 aliphatic carbocycles. The summed E-state index contributed by atoms with van der Waals surface area (Å²) in [4.78, 5) is 14.2. The van der Waals surface area contributed by atoms with Gasteiger partial charge in [-0.15, -0.1) is 0 Å². The van der Waals surface area contributed by atoms with Crippen molar-refractivity contribution in [2.45, 2.75) is 40.0 Å². The summed E-state index contributed by atoms with van der Waals surface area (Å²) < 4.78 is 0. The lowest BCUT2D eigenvalue weighted by Crippen LogP contribution is -2.07. The standard InChI is InChI=1S/C47H42N4/c1-5-15-32(6-2)44(48)45-31(3)33(28-29-50-45)16-7-8-17-36(30-49-4)34-24-26-35(27-25-34)46-42-23-14-12-21-40(42)43-39-20-11-9-18-37(39)38-19-10-13-22-41(38)47(43)51-46/h5,8-15,17-30H,4,6-7,16,48H2,1-3H3/b15-5-,17-8-,36-30+,44-32-. The van der Waals surface area contributed by atoms with Crippen molar-refractivity contribution in [1.29, 1.82) is 0 Å². The number of rotatable bonds is 10. The highest BCUT2D eigenvalue weighted by atomic mass is 14.7. The molecule has 0 unspecified atom stereocenters.